The summed E-state index contributed by atoms with van der Waals surface area (Å²) in [7, 11) is 0. The largest absolute Gasteiger partial charge is 0.618 e. The lowest BCUT2D eigenvalue weighted by Gasteiger charge is -2.16. The average Bonchev–Trinajstić information content (AvgIpc) is 3.54. The predicted octanol–water partition coefficient (Wildman–Crippen LogP) is 1.62. The van der Waals surface area contributed by atoms with Crippen LogP contribution in [0.2, 0.25) is 0 Å². The standard InChI is InChI=1S/C21H19F2N9O3.C4F6O2/c22-21(23,17-7-3-4-9-32(17)35)13-26-19-20(34)30(10-8-24-19)12-18(33)25-11-15-5-1-2-6-16(15)31-14-27-28-29-31;5-3(6,7)1(11)2(12)4(8,9)10/h1-10,14H,11-13H2,(H,24,26)(H,25,33);. The molecule has 1 amide bonds. The van der Waals surface area contributed by atoms with Crippen LogP contribution >= 0.6 is 0 Å². The first-order chi connectivity index (χ1) is 21.9. The smallest absolute Gasteiger partial charge is 0.458 e. The lowest BCUT2D eigenvalue weighted by atomic mass is 10.2. The van der Waals surface area contributed by atoms with E-state index in [-0.39, 0.29) is 23.6 Å². The molecule has 0 aliphatic rings. The van der Waals surface area contributed by atoms with Crippen molar-refractivity contribution in [1.82, 2.24) is 35.1 Å². The monoisotopic (exact) mass is 677 g/mol. The van der Waals surface area contributed by atoms with Crippen LogP contribution in [0.1, 0.15) is 11.3 Å². The van der Waals surface area contributed by atoms with Crippen molar-refractivity contribution in [1.29, 1.82) is 0 Å². The van der Waals surface area contributed by atoms with Gasteiger partial charge in [-0.2, -0.15) is 39.9 Å². The Hall–Kier alpha value is -5.83. The number of tetrazole rings is 1. The molecule has 2 N–H and O–H groups in total. The normalized spacial score (nSPS) is 11.7. The van der Waals surface area contributed by atoms with Gasteiger partial charge in [-0.3, -0.25) is 19.2 Å². The highest BCUT2D eigenvalue weighted by Gasteiger charge is 2.54. The van der Waals surface area contributed by atoms with Gasteiger partial charge < -0.3 is 20.4 Å². The molecule has 0 fully saturated rings. The Morgan fingerprint density at radius 1 is 0.915 bits per heavy atom. The van der Waals surface area contributed by atoms with E-state index in [0.29, 0.717) is 5.69 Å². The van der Waals surface area contributed by atoms with Crippen LogP contribution in [-0.4, -0.2) is 66.1 Å². The number of para-hydroxylation sites is 1. The van der Waals surface area contributed by atoms with Crippen molar-refractivity contribution in [3.05, 3.63) is 94.2 Å². The van der Waals surface area contributed by atoms with Gasteiger partial charge in [0.2, 0.25) is 5.91 Å². The van der Waals surface area contributed by atoms with E-state index < -0.39 is 53.5 Å². The van der Waals surface area contributed by atoms with E-state index >= 15 is 0 Å². The molecule has 0 radical (unpaired) electrons. The van der Waals surface area contributed by atoms with E-state index in [2.05, 4.69) is 31.1 Å². The van der Waals surface area contributed by atoms with Gasteiger partial charge >= 0.3 is 29.8 Å². The van der Waals surface area contributed by atoms with Crippen molar-refractivity contribution in [3.8, 4) is 5.69 Å². The van der Waals surface area contributed by atoms with Gasteiger partial charge in [-0.25, -0.2) is 9.67 Å². The summed E-state index contributed by atoms with van der Waals surface area (Å²) in [6.07, 6.45) is -6.69. The van der Waals surface area contributed by atoms with Crippen LogP contribution in [-0.2, 0) is 33.4 Å². The number of benzene rings is 1. The van der Waals surface area contributed by atoms with Gasteiger partial charge in [-0.05, 0) is 28.1 Å². The molecule has 22 heteroatoms. The zero-order chi connectivity index (χ0) is 35.0. The highest BCUT2D eigenvalue weighted by Crippen LogP contribution is 2.25. The number of ketones is 2. The van der Waals surface area contributed by atoms with E-state index in [1.807, 2.05) is 0 Å². The molecule has 14 nitrogen and oxygen atoms in total. The number of alkyl halides is 8. The number of anilines is 1. The van der Waals surface area contributed by atoms with Crippen molar-refractivity contribution < 1.29 is 54.2 Å². The molecule has 0 saturated heterocycles. The Labute approximate surface area is 256 Å². The number of nitrogens with one attached hydrogen (secondary N) is 2. The Morgan fingerprint density at radius 2 is 1.55 bits per heavy atom. The number of hydrogen-bond acceptors (Lipinski definition) is 10. The molecular formula is C25H19F8N9O5. The minimum Gasteiger partial charge on any atom is -0.618 e. The van der Waals surface area contributed by atoms with Gasteiger partial charge in [0.15, 0.2) is 12.0 Å². The summed E-state index contributed by atoms with van der Waals surface area (Å²) in [5, 5.41) is 27.6. The number of carbonyl (C=O) groups is 3. The number of pyridine rings is 1. The second-order valence-corrected chi connectivity index (χ2v) is 8.99. The van der Waals surface area contributed by atoms with Crippen molar-refractivity contribution in [2.24, 2.45) is 0 Å². The second-order valence-electron chi connectivity index (χ2n) is 8.99. The quantitative estimate of drug-likeness (QED) is 0.108. The number of halogens is 8. The molecule has 0 unspecified atom stereocenters. The van der Waals surface area contributed by atoms with Gasteiger partial charge in [0, 0.05) is 31.1 Å². The summed E-state index contributed by atoms with van der Waals surface area (Å²) in [4.78, 5) is 48.1. The first-order valence-corrected chi connectivity index (χ1v) is 12.6. The van der Waals surface area contributed by atoms with Gasteiger partial charge in [-0.15, -0.1) is 5.10 Å². The van der Waals surface area contributed by atoms with Gasteiger partial charge in [-0.1, -0.05) is 18.2 Å². The van der Waals surface area contributed by atoms with Gasteiger partial charge in [0.1, 0.15) is 12.9 Å². The zero-order valence-electron chi connectivity index (χ0n) is 23.2. The molecule has 0 aliphatic carbocycles. The van der Waals surface area contributed by atoms with Crippen LogP contribution in [0.5, 0.6) is 0 Å². The molecule has 0 saturated carbocycles. The Bertz CT molecular complexity index is 1750. The van der Waals surface area contributed by atoms with Gasteiger partial charge in [0.25, 0.3) is 11.3 Å². The van der Waals surface area contributed by atoms with Crippen molar-refractivity contribution in [3.63, 3.8) is 0 Å². The fraction of sp³-hybridized carbons (Fsp3) is 0.240. The lowest BCUT2D eigenvalue weighted by molar-refractivity contribution is -0.624. The summed E-state index contributed by atoms with van der Waals surface area (Å²) in [5.74, 6) is -11.2. The highest BCUT2D eigenvalue weighted by atomic mass is 19.4. The third-order valence-corrected chi connectivity index (χ3v) is 5.69. The maximum atomic E-state index is 14.4. The number of carbonyl (C=O) groups excluding carboxylic acids is 3. The number of nitrogens with zero attached hydrogens (tertiary/aromatic N) is 7. The maximum Gasteiger partial charge on any atom is 0.458 e. The molecule has 4 rings (SSSR count). The fourth-order valence-corrected chi connectivity index (χ4v) is 3.51. The van der Waals surface area contributed by atoms with Crippen LogP contribution in [0, 0.1) is 5.21 Å². The van der Waals surface area contributed by atoms with E-state index in [1.54, 1.807) is 24.3 Å². The Kier molecular flexibility index (Phi) is 11.0. The van der Waals surface area contributed by atoms with Crippen LogP contribution in [0.25, 0.3) is 5.69 Å². The molecule has 47 heavy (non-hydrogen) atoms. The van der Waals surface area contributed by atoms with Crippen LogP contribution < -0.4 is 20.9 Å². The number of Topliss-reactive ketones (excluding diaryl/α,β-unsaturated/α-hetero) is 2. The number of rotatable bonds is 10. The predicted molar refractivity (Wildman–Crippen MR) is 139 cm³/mol. The van der Waals surface area contributed by atoms with E-state index in [0.717, 1.165) is 22.4 Å². The summed E-state index contributed by atoms with van der Waals surface area (Å²) in [5.41, 5.74) is -0.138. The fourth-order valence-electron chi connectivity index (χ4n) is 3.51. The Balaban J connectivity index is 0.000000426. The summed E-state index contributed by atoms with van der Waals surface area (Å²) in [6, 6.07) is 10.8. The third kappa shape index (κ3) is 9.58. The molecule has 3 heterocycles. The number of amides is 1. The summed E-state index contributed by atoms with van der Waals surface area (Å²) in [6.45, 7) is -1.26. The van der Waals surface area contributed by atoms with Crippen LogP contribution in [0.4, 0.5) is 40.9 Å². The summed E-state index contributed by atoms with van der Waals surface area (Å²) >= 11 is 0. The maximum absolute atomic E-state index is 14.4. The SMILES string of the molecule is O=C(C(=O)C(F)(F)F)C(F)(F)F.O=C(Cn1ccnc(NCC(F)(F)c2cccc[n+]2[O-])c1=O)NCc1ccccc1-n1cnnn1. The third-order valence-electron chi connectivity index (χ3n) is 5.69. The average molecular weight is 677 g/mol. The molecule has 0 atom stereocenters. The van der Waals surface area contributed by atoms with Crippen molar-refractivity contribution >= 4 is 23.3 Å². The van der Waals surface area contributed by atoms with E-state index in [1.165, 1.54) is 35.5 Å². The topological polar surface area (TPSA) is 181 Å². The van der Waals surface area contributed by atoms with E-state index in [4.69, 9.17) is 0 Å². The van der Waals surface area contributed by atoms with Crippen molar-refractivity contribution in [2.45, 2.75) is 31.4 Å². The van der Waals surface area contributed by atoms with Crippen LogP contribution in [0.15, 0.2) is 72.2 Å². The minimum atomic E-state index is -5.77. The van der Waals surface area contributed by atoms with Crippen LogP contribution in [0.3, 0.4) is 0 Å². The number of aromatic nitrogens is 7. The summed E-state index contributed by atoms with van der Waals surface area (Å²) < 4.78 is 98.4. The Morgan fingerprint density at radius 3 is 2.15 bits per heavy atom. The molecular weight excluding hydrogens is 658 g/mol. The molecule has 0 aliphatic heterocycles. The first kappa shape index (κ1) is 35.6. The lowest BCUT2D eigenvalue weighted by Crippen LogP contribution is -2.41. The zero-order valence-corrected chi connectivity index (χ0v) is 23.2. The molecule has 3 aromatic heterocycles. The highest BCUT2D eigenvalue weighted by molar-refractivity contribution is 6.41. The first-order valence-electron chi connectivity index (χ1n) is 12.6. The van der Waals surface area contributed by atoms with Gasteiger partial charge in [0.05, 0.1) is 12.2 Å². The molecule has 250 valence electrons. The van der Waals surface area contributed by atoms with E-state index in [9.17, 15) is 59.5 Å². The molecule has 0 spiro atoms. The molecule has 0 bridgehead atoms. The number of hydrogen-bond donors (Lipinski definition) is 2. The molecule has 1 aromatic carbocycles. The molecule has 4 aromatic rings. The minimum absolute atomic E-state index is 0.0558. The second kappa shape index (κ2) is 14.5. The van der Waals surface area contributed by atoms with Crippen molar-refractivity contribution in [2.75, 3.05) is 11.9 Å².